The summed E-state index contributed by atoms with van der Waals surface area (Å²) in [4.78, 5) is 24.6. The van der Waals surface area contributed by atoms with Gasteiger partial charge in [-0.1, -0.05) is 43.6 Å². The van der Waals surface area contributed by atoms with E-state index in [4.69, 9.17) is 16.3 Å². The predicted molar refractivity (Wildman–Crippen MR) is 127 cm³/mol. The first-order chi connectivity index (χ1) is 15.8. The largest absolute Gasteiger partial charge is 0.454 e. The van der Waals surface area contributed by atoms with Gasteiger partial charge in [-0.05, 0) is 36.2 Å². The third kappa shape index (κ3) is 7.00. The molecule has 10 nitrogen and oxygen atoms in total. The Bertz CT molecular complexity index is 1250. The summed E-state index contributed by atoms with van der Waals surface area (Å²) in [5.74, 6) is -2.15. The Morgan fingerprint density at radius 1 is 1.03 bits per heavy atom. The Kier molecular flexibility index (Phi) is 9.20. The summed E-state index contributed by atoms with van der Waals surface area (Å²) in [7, 11) is -5.16. The molecule has 0 unspecified atom stereocenters. The average molecular weight is 532 g/mol. The molecule has 0 spiro atoms. The van der Waals surface area contributed by atoms with E-state index in [-0.39, 0.29) is 20.5 Å². The minimum atomic E-state index is -3.99. The van der Waals surface area contributed by atoms with Gasteiger partial charge in [-0.15, -0.1) is 0 Å². The molecule has 0 radical (unpaired) electrons. The molecule has 2 aromatic carbocycles. The van der Waals surface area contributed by atoms with Crippen LogP contribution in [0.4, 0.5) is 5.69 Å². The molecule has 13 heteroatoms. The van der Waals surface area contributed by atoms with Gasteiger partial charge in [0.15, 0.2) is 6.61 Å². The molecule has 0 aromatic heterocycles. The minimum Gasteiger partial charge on any atom is -0.454 e. The summed E-state index contributed by atoms with van der Waals surface area (Å²) in [6, 6.07) is 10.2. The Hall–Kier alpha value is -2.51. The number of nitrogens with zero attached hydrogens (tertiary/aromatic N) is 1. The summed E-state index contributed by atoms with van der Waals surface area (Å²) in [5.41, 5.74) is 0.121. The highest BCUT2D eigenvalue weighted by Crippen LogP contribution is 2.26. The predicted octanol–water partition coefficient (Wildman–Crippen LogP) is 2.08. The smallest absolute Gasteiger partial charge is 0.324 e. The molecule has 2 N–H and O–H groups in total. The number of rotatable bonds is 10. The SMILES string of the molecule is CC(C)[C@H](NS(=O)(=O)c1ccccc1)C(=O)OCC(=O)Nc1ccc(Cl)c(S(=O)(=O)N(C)C)c1. The van der Waals surface area contributed by atoms with Crippen LogP contribution in [0.3, 0.4) is 0 Å². The lowest BCUT2D eigenvalue weighted by atomic mass is 10.1. The van der Waals surface area contributed by atoms with Gasteiger partial charge in [0, 0.05) is 19.8 Å². The first kappa shape index (κ1) is 27.7. The van der Waals surface area contributed by atoms with Gasteiger partial charge >= 0.3 is 5.97 Å². The highest BCUT2D eigenvalue weighted by Gasteiger charge is 2.30. The number of esters is 1. The van der Waals surface area contributed by atoms with Crippen molar-refractivity contribution in [2.75, 3.05) is 26.0 Å². The van der Waals surface area contributed by atoms with E-state index in [0.717, 1.165) is 4.31 Å². The van der Waals surface area contributed by atoms with E-state index in [1.165, 1.54) is 44.4 Å². The van der Waals surface area contributed by atoms with E-state index in [0.29, 0.717) is 0 Å². The fraction of sp³-hybridized carbons (Fsp3) is 0.333. The zero-order chi connectivity index (χ0) is 25.7. The van der Waals surface area contributed by atoms with Crippen LogP contribution in [-0.4, -0.2) is 59.8 Å². The van der Waals surface area contributed by atoms with Gasteiger partial charge in [0.25, 0.3) is 5.91 Å². The highest BCUT2D eigenvalue weighted by molar-refractivity contribution is 7.89. The van der Waals surface area contributed by atoms with Crippen LogP contribution in [0, 0.1) is 5.92 Å². The van der Waals surface area contributed by atoms with Crippen LogP contribution in [0.15, 0.2) is 58.3 Å². The number of carbonyl (C=O) groups is 2. The zero-order valence-corrected chi connectivity index (χ0v) is 21.4. The first-order valence-corrected chi connectivity index (χ1v) is 13.3. The van der Waals surface area contributed by atoms with Gasteiger partial charge in [-0.2, -0.15) is 4.72 Å². The number of nitrogens with one attached hydrogen (secondary N) is 2. The molecule has 1 amide bonds. The number of ether oxygens (including phenoxy) is 1. The molecule has 0 aliphatic heterocycles. The number of benzene rings is 2. The molecule has 186 valence electrons. The molecule has 2 rings (SSSR count). The second-order valence-corrected chi connectivity index (χ2v) is 12.0. The van der Waals surface area contributed by atoms with Crippen molar-refractivity contribution >= 4 is 49.2 Å². The normalized spacial score (nSPS) is 13.0. The Balaban J connectivity index is 2.07. The molecule has 0 saturated heterocycles. The second kappa shape index (κ2) is 11.3. The van der Waals surface area contributed by atoms with Crippen molar-refractivity contribution in [1.29, 1.82) is 0 Å². The maximum Gasteiger partial charge on any atom is 0.324 e. The standard InChI is InChI=1S/C21H26ClN3O7S2/c1-14(2)20(24-33(28,29)16-8-6-5-7-9-16)21(27)32-13-19(26)23-15-10-11-17(22)18(12-15)34(30,31)25(3)4/h5-12,14,20,24H,13H2,1-4H3,(H,23,26)/t20-/m0/s1. The quantitative estimate of drug-likeness (QED) is 0.447. The molecule has 0 aliphatic carbocycles. The Morgan fingerprint density at radius 3 is 2.21 bits per heavy atom. The monoisotopic (exact) mass is 531 g/mol. The lowest BCUT2D eigenvalue weighted by Crippen LogP contribution is -2.45. The highest BCUT2D eigenvalue weighted by atomic mass is 35.5. The van der Waals surface area contributed by atoms with Gasteiger partial charge in [0.2, 0.25) is 20.0 Å². The Labute approximate surface area is 204 Å². The maximum absolute atomic E-state index is 12.6. The van der Waals surface area contributed by atoms with Crippen LogP contribution in [0.5, 0.6) is 0 Å². The number of anilines is 1. The van der Waals surface area contributed by atoms with E-state index < -0.39 is 50.5 Å². The lowest BCUT2D eigenvalue weighted by Gasteiger charge is -2.20. The van der Waals surface area contributed by atoms with Crippen molar-refractivity contribution in [3.05, 3.63) is 53.6 Å². The zero-order valence-electron chi connectivity index (χ0n) is 19.0. The van der Waals surface area contributed by atoms with Crippen LogP contribution in [0.2, 0.25) is 5.02 Å². The molecule has 0 bridgehead atoms. The Morgan fingerprint density at radius 2 is 1.65 bits per heavy atom. The maximum atomic E-state index is 12.6. The fourth-order valence-corrected chi connectivity index (χ4v) is 5.44. The number of carbonyl (C=O) groups excluding carboxylic acids is 2. The van der Waals surface area contributed by atoms with E-state index in [9.17, 15) is 26.4 Å². The number of amides is 1. The molecule has 0 aliphatic rings. The van der Waals surface area contributed by atoms with Gasteiger partial charge in [-0.3, -0.25) is 9.59 Å². The second-order valence-electron chi connectivity index (χ2n) is 7.74. The summed E-state index contributed by atoms with van der Waals surface area (Å²) < 4.78 is 58.1. The van der Waals surface area contributed by atoms with Gasteiger partial charge in [0.1, 0.15) is 10.9 Å². The van der Waals surface area contributed by atoms with Crippen molar-refractivity contribution in [1.82, 2.24) is 9.03 Å². The third-order valence-electron chi connectivity index (χ3n) is 4.58. The topological polar surface area (TPSA) is 139 Å². The van der Waals surface area contributed by atoms with E-state index in [2.05, 4.69) is 10.0 Å². The lowest BCUT2D eigenvalue weighted by molar-refractivity contribution is -0.150. The summed E-state index contributed by atoms with van der Waals surface area (Å²) in [6.45, 7) is 2.54. The van der Waals surface area contributed by atoms with Crippen LogP contribution in [-0.2, 0) is 34.4 Å². The van der Waals surface area contributed by atoms with Crippen molar-refractivity contribution in [2.45, 2.75) is 29.7 Å². The van der Waals surface area contributed by atoms with E-state index in [1.54, 1.807) is 32.0 Å². The molecular formula is C21H26ClN3O7S2. The number of hydrogen-bond acceptors (Lipinski definition) is 7. The van der Waals surface area contributed by atoms with Crippen molar-refractivity contribution < 1.29 is 31.2 Å². The molecule has 34 heavy (non-hydrogen) atoms. The van der Waals surface area contributed by atoms with E-state index >= 15 is 0 Å². The van der Waals surface area contributed by atoms with Gasteiger partial charge in [0.05, 0.1) is 9.92 Å². The molecule has 2 aromatic rings. The number of sulfonamides is 2. The number of halogens is 1. The molecular weight excluding hydrogens is 506 g/mol. The van der Waals surface area contributed by atoms with Crippen molar-refractivity contribution in [3.8, 4) is 0 Å². The van der Waals surface area contributed by atoms with E-state index in [1.807, 2.05) is 0 Å². The summed E-state index contributed by atoms with van der Waals surface area (Å²) in [5, 5.41) is 2.40. The molecule has 0 fully saturated rings. The number of hydrogen-bond donors (Lipinski definition) is 2. The van der Waals surface area contributed by atoms with Crippen LogP contribution in [0.1, 0.15) is 13.8 Å². The molecule has 0 heterocycles. The van der Waals surface area contributed by atoms with Crippen LogP contribution >= 0.6 is 11.6 Å². The fourth-order valence-electron chi connectivity index (χ4n) is 2.69. The van der Waals surface area contributed by atoms with Gasteiger partial charge in [-0.25, -0.2) is 21.1 Å². The summed E-state index contributed by atoms with van der Waals surface area (Å²) >= 11 is 5.98. The van der Waals surface area contributed by atoms with Gasteiger partial charge < -0.3 is 10.1 Å². The third-order valence-corrected chi connectivity index (χ3v) is 8.33. The van der Waals surface area contributed by atoms with Crippen LogP contribution < -0.4 is 10.0 Å². The minimum absolute atomic E-state index is 0.0163. The van der Waals surface area contributed by atoms with Crippen LogP contribution in [0.25, 0.3) is 0 Å². The molecule has 0 saturated carbocycles. The average Bonchev–Trinajstić information content (AvgIpc) is 2.77. The van der Waals surface area contributed by atoms with Crippen molar-refractivity contribution in [3.63, 3.8) is 0 Å². The summed E-state index contributed by atoms with van der Waals surface area (Å²) in [6.07, 6.45) is 0. The molecule has 1 atom stereocenters. The first-order valence-electron chi connectivity index (χ1n) is 10.0. The van der Waals surface area contributed by atoms with Crippen molar-refractivity contribution in [2.24, 2.45) is 5.92 Å².